The number of aromatic nitrogens is 5. The van der Waals surface area contributed by atoms with Gasteiger partial charge in [-0.2, -0.15) is 0 Å². The summed E-state index contributed by atoms with van der Waals surface area (Å²) >= 11 is 0. The van der Waals surface area contributed by atoms with Crippen LogP contribution in [0.3, 0.4) is 0 Å². The Morgan fingerprint density at radius 2 is 0.952 bits per heavy atom. The third kappa shape index (κ3) is 6.04. The molecule has 6 nitrogen and oxygen atoms in total. The van der Waals surface area contributed by atoms with Crippen LogP contribution < -0.4 is 0 Å². The lowest BCUT2D eigenvalue weighted by Gasteiger charge is -2.14. The van der Waals surface area contributed by atoms with Gasteiger partial charge in [0.05, 0.1) is 22.1 Å². The molecule has 0 saturated heterocycles. The second-order valence-corrected chi connectivity index (χ2v) is 15.4. The number of nitrogens with zero attached hydrogens (tertiary/aromatic N) is 5. The lowest BCUT2D eigenvalue weighted by Crippen LogP contribution is -2.02. The molecule has 0 fully saturated rings. The molecule has 0 spiro atoms. The van der Waals surface area contributed by atoms with Crippen molar-refractivity contribution < 1.29 is 4.42 Å². The van der Waals surface area contributed by atoms with E-state index in [0.717, 1.165) is 99.6 Å². The Bertz CT molecular complexity index is 3560. The van der Waals surface area contributed by atoms with E-state index in [-0.39, 0.29) is 0 Å². The normalized spacial score (nSPS) is 11.5. The van der Waals surface area contributed by atoms with Gasteiger partial charge in [-0.05, 0) is 71.3 Å². The van der Waals surface area contributed by atoms with Gasteiger partial charge in [-0.15, -0.1) is 0 Å². The summed E-state index contributed by atoms with van der Waals surface area (Å²) in [7, 11) is 0. The molecule has 0 amide bonds. The maximum Gasteiger partial charge on any atom is 0.166 e. The third-order valence-corrected chi connectivity index (χ3v) is 11.7. The number of rotatable bonds is 7. The van der Waals surface area contributed by atoms with Gasteiger partial charge in [-0.25, -0.2) is 15.0 Å². The Balaban J connectivity index is 1.07. The number of para-hydroxylation sites is 2. The number of fused-ring (bicyclic) bond motifs is 7. The Morgan fingerprint density at radius 3 is 1.66 bits per heavy atom. The number of hydrogen-bond acceptors (Lipinski definition) is 5. The molecule has 290 valence electrons. The molecule has 0 aliphatic carbocycles. The van der Waals surface area contributed by atoms with Crippen LogP contribution in [0, 0.1) is 0 Å². The minimum atomic E-state index is 0.529. The lowest BCUT2D eigenvalue weighted by molar-refractivity contribution is 0.673. The van der Waals surface area contributed by atoms with E-state index in [2.05, 4.69) is 144 Å². The summed E-state index contributed by atoms with van der Waals surface area (Å²) in [5.41, 5.74) is 13.5. The van der Waals surface area contributed by atoms with Gasteiger partial charge in [-0.1, -0.05) is 152 Å². The van der Waals surface area contributed by atoms with Crippen LogP contribution in [0.5, 0.6) is 0 Å². The molecule has 8 aromatic carbocycles. The zero-order valence-corrected chi connectivity index (χ0v) is 33.4. The predicted molar refractivity (Wildman–Crippen MR) is 252 cm³/mol. The highest BCUT2D eigenvalue weighted by molar-refractivity contribution is 6.24. The minimum absolute atomic E-state index is 0.529. The van der Waals surface area contributed by atoms with E-state index in [4.69, 9.17) is 24.4 Å². The van der Waals surface area contributed by atoms with Crippen molar-refractivity contribution in [2.24, 2.45) is 0 Å². The molecule has 0 unspecified atom stereocenters. The SMILES string of the molecule is c1ccc(-c2cccc(-c3cnc(-c4ccc5c(c4)oc4c5ccc5c4c4ccccc4n5-c4ccccc4)c(-c4nc(-c5ccccc5)nc(-c5ccccc5)n4)c3)c2)cc1. The van der Waals surface area contributed by atoms with Crippen LogP contribution in [-0.2, 0) is 0 Å². The van der Waals surface area contributed by atoms with Gasteiger partial charge in [0.1, 0.15) is 11.2 Å². The topological polar surface area (TPSA) is 69.6 Å². The second-order valence-electron chi connectivity index (χ2n) is 15.4. The molecule has 0 saturated carbocycles. The number of hydrogen-bond donors (Lipinski definition) is 0. The summed E-state index contributed by atoms with van der Waals surface area (Å²) in [6.45, 7) is 0. The zero-order chi connectivity index (χ0) is 41.0. The van der Waals surface area contributed by atoms with Crippen LogP contribution in [0.2, 0.25) is 0 Å². The molecule has 12 rings (SSSR count). The van der Waals surface area contributed by atoms with E-state index in [9.17, 15) is 0 Å². The van der Waals surface area contributed by atoms with E-state index in [1.807, 2.05) is 72.9 Å². The van der Waals surface area contributed by atoms with E-state index < -0.39 is 0 Å². The number of pyridine rings is 1. The number of furan rings is 1. The van der Waals surface area contributed by atoms with Crippen molar-refractivity contribution in [3.8, 4) is 73.4 Å². The highest BCUT2D eigenvalue weighted by atomic mass is 16.3. The van der Waals surface area contributed by atoms with Crippen LogP contribution in [0.4, 0.5) is 0 Å². The molecule has 0 N–H and O–H groups in total. The molecule has 0 aliphatic rings. The van der Waals surface area contributed by atoms with E-state index in [1.165, 1.54) is 0 Å². The fourth-order valence-electron chi connectivity index (χ4n) is 8.75. The van der Waals surface area contributed by atoms with Crippen LogP contribution in [-0.4, -0.2) is 24.5 Å². The fraction of sp³-hybridized carbons (Fsp3) is 0. The van der Waals surface area contributed by atoms with E-state index >= 15 is 0 Å². The molecule has 4 aromatic heterocycles. The highest BCUT2D eigenvalue weighted by Crippen LogP contribution is 2.42. The summed E-state index contributed by atoms with van der Waals surface area (Å²) in [4.78, 5) is 20.6. The fourth-order valence-corrected chi connectivity index (χ4v) is 8.75. The first-order chi connectivity index (χ1) is 30.7. The average Bonchev–Trinajstić information content (AvgIpc) is 3.90. The van der Waals surface area contributed by atoms with Crippen LogP contribution in [0.15, 0.2) is 217 Å². The van der Waals surface area contributed by atoms with Crippen molar-refractivity contribution in [3.63, 3.8) is 0 Å². The third-order valence-electron chi connectivity index (χ3n) is 11.7. The molecule has 0 atom stereocenters. The van der Waals surface area contributed by atoms with Gasteiger partial charge >= 0.3 is 0 Å². The Kier molecular flexibility index (Phi) is 8.38. The summed E-state index contributed by atoms with van der Waals surface area (Å²) in [6.07, 6.45) is 1.95. The Labute approximate surface area is 357 Å². The lowest BCUT2D eigenvalue weighted by atomic mass is 9.97. The molecule has 0 bridgehead atoms. The van der Waals surface area contributed by atoms with Crippen molar-refractivity contribution >= 4 is 43.7 Å². The van der Waals surface area contributed by atoms with Crippen LogP contribution in [0.25, 0.3) is 117 Å². The second kappa shape index (κ2) is 14.7. The maximum atomic E-state index is 6.95. The number of benzene rings is 8. The van der Waals surface area contributed by atoms with Gasteiger partial charge in [-0.3, -0.25) is 4.98 Å². The average molecular weight is 794 g/mol. The Hall–Kier alpha value is -8.48. The van der Waals surface area contributed by atoms with Gasteiger partial charge in [0.25, 0.3) is 0 Å². The largest absolute Gasteiger partial charge is 0.455 e. The summed E-state index contributed by atoms with van der Waals surface area (Å²) in [5.74, 6) is 1.70. The smallest absolute Gasteiger partial charge is 0.166 e. The van der Waals surface area contributed by atoms with E-state index in [0.29, 0.717) is 17.5 Å². The van der Waals surface area contributed by atoms with Crippen molar-refractivity contribution in [1.29, 1.82) is 0 Å². The first-order valence-electron chi connectivity index (χ1n) is 20.7. The minimum Gasteiger partial charge on any atom is -0.455 e. The van der Waals surface area contributed by atoms with Crippen LogP contribution >= 0.6 is 0 Å². The highest BCUT2D eigenvalue weighted by Gasteiger charge is 2.22. The van der Waals surface area contributed by atoms with Crippen LogP contribution in [0.1, 0.15) is 0 Å². The molecular formula is C56H35N5O. The van der Waals surface area contributed by atoms with Gasteiger partial charge in [0, 0.05) is 55.9 Å². The quantitative estimate of drug-likeness (QED) is 0.161. The molecule has 12 aromatic rings. The van der Waals surface area contributed by atoms with Crippen molar-refractivity contribution in [2.75, 3.05) is 0 Å². The molecule has 6 heteroatoms. The Morgan fingerprint density at radius 1 is 0.371 bits per heavy atom. The first-order valence-corrected chi connectivity index (χ1v) is 20.7. The maximum absolute atomic E-state index is 6.95. The van der Waals surface area contributed by atoms with Gasteiger partial charge in [0.2, 0.25) is 0 Å². The zero-order valence-electron chi connectivity index (χ0n) is 33.4. The molecular weight excluding hydrogens is 759 g/mol. The first kappa shape index (κ1) is 35.5. The summed E-state index contributed by atoms with van der Waals surface area (Å²) in [6, 6.07) is 71.2. The summed E-state index contributed by atoms with van der Waals surface area (Å²) < 4.78 is 9.27. The van der Waals surface area contributed by atoms with Crippen molar-refractivity contribution in [3.05, 3.63) is 212 Å². The molecule has 0 radical (unpaired) electrons. The predicted octanol–water partition coefficient (Wildman–Crippen LogP) is 14.3. The van der Waals surface area contributed by atoms with Gasteiger partial charge in [0.15, 0.2) is 17.5 Å². The monoisotopic (exact) mass is 793 g/mol. The van der Waals surface area contributed by atoms with Crippen molar-refractivity contribution in [2.45, 2.75) is 0 Å². The van der Waals surface area contributed by atoms with Gasteiger partial charge < -0.3 is 8.98 Å². The standard InChI is InChI=1S/C56H35N5O/c1-5-16-36(17-6-1)39-22-15-23-40(32-39)42-33-47(56-59-54(37-18-7-2-8-19-37)58-55(60-56)38-20-9-3-10-21-38)52(57-35-42)41-28-29-44-45-30-31-49-51(53(45)62-50(44)34-41)46-26-13-14-27-48(46)61(49)43-24-11-4-12-25-43/h1-35H. The molecule has 0 aliphatic heterocycles. The van der Waals surface area contributed by atoms with Crippen molar-refractivity contribution in [1.82, 2.24) is 24.5 Å². The van der Waals surface area contributed by atoms with E-state index in [1.54, 1.807) is 0 Å². The summed E-state index contributed by atoms with van der Waals surface area (Å²) in [5, 5.41) is 4.34. The molecule has 4 heterocycles. The molecule has 62 heavy (non-hydrogen) atoms.